The Labute approximate surface area is 113 Å². The average Bonchev–Trinajstić information content (AvgIpc) is 2.47. The number of rotatable bonds is 3. The van der Waals surface area contributed by atoms with E-state index in [0.717, 1.165) is 13.5 Å². The molecule has 0 saturated heterocycles. The number of imidazole rings is 1. The second kappa shape index (κ2) is 12.5. The van der Waals surface area contributed by atoms with Crippen molar-refractivity contribution in [3.05, 3.63) is 18.7 Å². The van der Waals surface area contributed by atoms with Gasteiger partial charge in [0, 0.05) is 23.7 Å². The summed E-state index contributed by atoms with van der Waals surface area (Å²) >= 11 is 0. The van der Waals surface area contributed by atoms with Gasteiger partial charge in [-0.2, -0.15) is 0 Å². The van der Waals surface area contributed by atoms with E-state index >= 15 is 0 Å². The minimum atomic E-state index is -0.833. The Balaban J connectivity index is -0.000000249. The van der Waals surface area contributed by atoms with Crippen LogP contribution in [0.15, 0.2) is 18.7 Å². The molecule has 0 aromatic carbocycles. The molecular formula is C10H19ClCoN2O2. The number of hydrogen-bond acceptors (Lipinski definition) is 1. The molecule has 0 bridgehead atoms. The number of carboxylic acid groups (broad SMARTS) is 1. The maximum absolute atomic E-state index is 9.00. The van der Waals surface area contributed by atoms with Crippen LogP contribution >= 0.6 is 0 Å². The van der Waals surface area contributed by atoms with E-state index in [0.29, 0.717) is 0 Å². The number of carbonyl (C=O) groups is 1. The Bertz CT molecular complexity index is 276. The molecule has 1 aromatic heterocycles. The van der Waals surface area contributed by atoms with Gasteiger partial charge in [-0.25, -0.2) is 9.13 Å². The van der Waals surface area contributed by atoms with Gasteiger partial charge in [0.2, 0.25) is 6.33 Å². The number of nitrogens with zero attached hydrogens (tertiary/aromatic N) is 2. The number of unbranched alkanes of at least 4 members (excludes halogenated alkanes) is 1. The molecule has 0 unspecified atom stereocenters. The van der Waals surface area contributed by atoms with E-state index in [1.165, 1.54) is 12.8 Å². The van der Waals surface area contributed by atoms with Gasteiger partial charge in [-0.3, -0.25) is 4.79 Å². The van der Waals surface area contributed by atoms with Crippen molar-refractivity contribution in [3.63, 3.8) is 0 Å². The fraction of sp³-hybridized carbons (Fsp3) is 0.600. The molecule has 0 aliphatic heterocycles. The average molecular weight is 294 g/mol. The summed E-state index contributed by atoms with van der Waals surface area (Å²) < 4.78 is 4.28. The Morgan fingerprint density at radius 1 is 1.50 bits per heavy atom. The van der Waals surface area contributed by atoms with E-state index in [4.69, 9.17) is 9.90 Å². The van der Waals surface area contributed by atoms with E-state index in [-0.39, 0.29) is 29.2 Å². The SMILES string of the molecule is CC(=O)O.CCCCn1cc[n+](C)c1.[Cl-].[Co]. The number of aromatic nitrogens is 2. The monoisotopic (exact) mass is 293 g/mol. The van der Waals surface area contributed by atoms with Crippen LogP contribution in [0.25, 0.3) is 0 Å². The van der Waals surface area contributed by atoms with Crippen molar-refractivity contribution < 1.29 is 43.7 Å². The van der Waals surface area contributed by atoms with E-state index < -0.39 is 5.97 Å². The quantitative estimate of drug-likeness (QED) is 0.669. The fourth-order valence-corrected chi connectivity index (χ4v) is 0.975. The van der Waals surface area contributed by atoms with Crippen LogP contribution in [0.2, 0.25) is 0 Å². The second-order valence-electron chi connectivity index (χ2n) is 3.19. The van der Waals surface area contributed by atoms with Gasteiger partial charge in [0.15, 0.2) is 0 Å². The molecule has 0 fully saturated rings. The third-order valence-electron chi connectivity index (χ3n) is 1.59. The van der Waals surface area contributed by atoms with Crippen LogP contribution in [0, 0.1) is 0 Å². The van der Waals surface area contributed by atoms with Crippen molar-refractivity contribution >= 4 is 5.97 Å². The molecule has 16 heavy (non-hydrogen) atoms. The van der Waals surface area contributed by atoms with Crippen LogP contribution in [0.3, 0.4) is 0 Å². The van der Waals surface area contributed by atoms with E-state index in [2.05, 4.69) is 34.8 Å². The number of aliphatic carboxylic acids is 1. The fourth-order valence-electron chi connectivity index (χ4n) is 0.975. The summed E-state index contributed by atoms with van der Waals surface area (Å²) in [4.78, 5) is 9.00. The molecule has 97 valence electrons. The van der Waals surface area contributed by atoms with Crippen LogP contribution < -0.4 is 17.0 Å². The minimum Gasteiger partial charge on any atom is -1.00 e. The first-order valence-electron chi connectivity index (χ1n) is 4.76. The van der Waals surface area contributed by atoms with Gasteiger partial charge < -0.3 is 17.5 Å². The molecule has 0 aliphatic rings. The van der Waals surface area contributed by atoms with Gasteiger partial charge in [0.05, 0.1) is 13.6 Å². The van der Waals surface area contributed by atoms with Gasteiger partial charge in [0.25, 0.3) is 5.97 Å². The topological polar surface area (TPSA) is 46.1 Å². The van der Waals surface area contributed by atoms with Crippen molar-refractivity contribution in [1.29, 1.82) is 0 Å². The first-order chi connectivity index (χ1) is 6.56. The van der Waals surface area contributed by atoms with Crippen molar-refractivity contribution in [3.8, 4) is 0 Å². The molecule has 1 radical (unpaired) electrons. The van der Waals surface area contributed by atoms with Crippen LogP contribution in [0.4, 0.5) is 0 Å². The predicted molar refractivity (Wildman–Crippen MR) is 53.8 cm³/mol. The maximum Gasteiger partial charge on any atom is 0.300 e. The molecule has 6 heteroatoms. The molecule has 1 heterocycles. The number of hydrogen-bond donors (Lipinski definition) is 1. The Kier molecular flexibility index (Phi) is 16.3. The van der Waals surface area contributed by atoms with Crippen molar-refractivity contribution in [1.82, 2.24) is 4.57 Å². The molecule has 0 atom stereocenters. The normalized spacial score (nSPS) is 7.94. The smallest absolute Gasteiger partial charge is 0.300 e. The molecule has 0 spiro atoms. The third kappa shape index (κ3) is 13.5. The van der Waals surface area contributed by atoms with Gasteiger partial charge >= 0.3 is 0 Å². The van der Waals surface area contributed by atoms with Crippen LogP contribution in [-0.4, -0.2) is 15.6 Å². The van der Waals surface area contributed by atoms with Crippen LogP contribution in [0.1, 0.15) is 26.7 Å². The largest absolute Gasteiger partial charge is 1.00 e. The van der Waals surface area contributed by atoms with Gasteiger partial charge in [-0.05, 0) is 6.42 Å². The first kappa shape index (κ1) is 20.8. The van der Waals surface area contributed by atoms with Gasteiger partial charge in [-0.1, -0.05) is 13.3 Å². The minimum absolute atomic E-state index is 0. The van der Waals surface area contributed by atoms with E-state index in [1.54, 1.807) is 0 Å². The number of carboxylic acids is 1. The summed E-state index contributed by atoms with van der Waals surface area (Å²) in [6.07, 6.45) is 8.82. The second-order valence-corrected chi connectivity index (χ2v) is 3.19. The molecule has 0 aliphatic carbocycles. The van der Waals surface area contributed by atoms with Crippen molar-refractivity contribution in [2.45, 2.75) is 33.2 Å². The van der Waals surface area contributed by atoms with Crippen molar-refractivity contribution in [2.75, 3.05) is 0 Å². The van der Waals surface area contributed by atoms with Crippen LogP contribution in [-0.2, 0) is 35.2 Å². The summed E-state index contributed by atoms with van der Waals surface area (Å²) in [5, 5.41) is 7.42. The molecule has 0 saturated carbocycles. The van der Waals surface area contributed by atoms with Crippen LogP contribution in [0.5, 0.6) is 0 Å². The zero-order valence-corrected chi connectivity index (χ0v) is 11.6. The Hall–Kier alpha value is -0.524. The summed E-state index contributed by atoms with van der Waals surface area (Å²) in [6, 6.07) is 0. The van der Waals surface area contributed by atoms with Gasteiger partial charge in [0.1, 0.15) is 12.4 Å². The van der Waals surface area contributed by atoms with Crippen molar-refractivity contribution in [2.24, 2.45) is 7.05 Å². The summed E-state index contributed by atoms with van der Waals surface area (Å²) in [7, 11) is 2.04. The van der Waals surface area contributed by atoms with E-state index in [1.807, 2.05) is 7.05 Å². The molecule has 1 aromatic rings. The molecule has 0 amide bonds. The molecular weight excluding hydrogens is 275 g/mol. The number of aryl methyl sites for hydroxylation is 2. The standard InChI is InChI=1S/C8H15N2.C2H4O2.ClH.Co/c1-3-4-5-10-7-6-9(2)8-10;1-2(3)4;;/h6-8H,3-5H2,1-2H3;1H3,(H,3,4);1H;/q+1;;;/p-1. The summed E-state index contributed by atoms with van der Waals surface area (Å²) in [5.41, 5.74) is 0. The first-order valence-corrected chi connectivity index (χ1v) is 4.76. The van der Waals surface area contributed by atoms with Gasteiger partial charge in [-0.15, -0.1) is 0 Å². The Morgan fingerprint density at radius 2 is 2.00 bits per heavy atom. The Morgan fingerprint density at radius 3 is 2.31 bits per heavy atom. The summed E-state index contributed by atoms with van der Waals surface area (Å²) in [5.74, 6) is -0.833. The molecule has 1 N–H and O–H groups in total. The zero-order chi connectivity index (χ0) is 11.0. The number of halogens is 1. The zero-order valence-electron chi connectivity index (χ0n) is 9.81. The third-order valence-corrected chi connectivity index (χ3v) is 1.59. The molecule has 1 rings (SSSR count). The summed E-state index contributed by atoms with van der Waals surface area (Å²) in [6.45, 7) is 4.45. The maximum atomic E-state index is 9.00. The van der Waals surface area contributed by atoms with E-state index in [9.17, 15) is 0 Å². The predicted octanol–water partition coefficient (Wildman–Crippen LogP) is -1.79. The molecule has 4 nitrogen and oxygen atoms in total.